The number of carbonyl (C=O) groups excluding carboxylic acids is 3. The van der Waals surface area contributed by atoms with Gasteiger partial charge in [0.15, 0.2) is 0 Å². The van der Waals surface area contributed by atoms with Crippen molar-refractivity contribution in [2.45, 2.75) is 72.0 Å². The van der Waals surface area contributed by atoms with Crippen molar-refractivity contribution in [2.75, 3.05) is 43.4 Å². The van der Waals surface area contributed by atoms with Gasteiger partial charge in [-0.1, -0.05) is 52.0 Å². The van der Waals surface area contributed by atoms with E-state index >= 15 is 8.78 Å². The van der Waals surface area contributed by atoms with Gasteiger partial charge in [0.1, 0.15) is 23.3 Å². The Balaban J connectivity index is 0.973. The second-order valence-electron chi connectivity index (χ2n) is 16.2. The Kier molecular flexibility index (Phi) is 10.5. The molecular formula is C42H50F2N8O3. The van der Waals surface area contributed by atoms with Crippen molar-refractivity contribution in [2.24, 2.45) is 17.3 Å². The van der Waals surface area contributed by atoms with Crippen LogP contribution < -0.4 is 15.5 Å². The normalized spacial score (nSPS) is 21.2. The maximum absolute atomic E-state index is 15.5. The van der Waals surface area contributed by atoms with E-state index in [1.807, 2.05) is 23.6 Å². The molecule has 4 unspecified atom stereocenters. The van der Waals surface area contributed by atoms with Gasteiger partial charge < -0.3 is 30.3 Å². The monoisotopic (exact) mass is 752 g/mol. The van der Waals surface area contributed by atoms with Crippen LogP contribution in [0.15, 0.2) is 60.9 Å². The quantitative estimate of drug-likeness (QED) is 0.166. The van der Waals surface area contributed by atoms with Crippen LogP contribution in [0.4, 0.5) is 20.3 Å². The van der Waals surface area contributed by atoms with E-state index in [9.17, 15) is 14.4 Å². The second-order valence-corrected chi connectivity index (χ2v) is 16.2. The van der Waals surface area contributed by atoms with Crippen LogP contribution in [-0.4, -0.2) is 87.8 Å². The Morgan fingerprint density at radius 2 is 1.64 bits per heavy atom. The van der Waals surface area contributed by atoms with E-state index in [0.717, 1.165) is 42.7 Å². The summed E-state index contributed by atoms with van der Waals surface area (Å²) < 4.78 is 30.9. The number of carbonyl (C=O) groups is 3. The van der Waals surface area contributed by atoms with Crippen LogP contribution in [-0.2, 0) is 9.59 Å². The Hall–Kier alpha value is -5.17. The number of halogens is 2. The van der Waals surface area contributed by atoms with E-state index in [1.165, 1.54) is 6.20 Å². The highest BCUT2D eigenvalue weighted by atomic mass is 19.1. The molecule has 3 N–H and O–H groups in total. The molecule has 4 aromatic rings. The minimum Gasteiger partial charge on any atom is -0.350 e. The van der Waals surface area contributed by atoms with Crippen molar-refractivity contribution in [1.29, 1.82) is 0 Å². The van der Waals surface area contributed by atoms with Gasteiger partial charge in [-0.25, -0.2) is 18.7 Å². The molecule has 0 spiro atoms. The summed E-state index contributed by atoms with van der Waals surface area (Å²) in [6.07, 6.45) is 5.79. The zero-order valence-corrected chi connectivity index (χ0v) is 32.3. The predicted octanol–water partition coefficient (Wildman–Crippen LogP) is 6.66. The van der Waals surface area contributed by atoms with E-state index < -0.39 is 17.5 Å². The second kappa shape index (κ2) is 15.2. The lowest BCUT2D eigenvalue weighted by atomic mass is 10.0. The summed E-state index contributed by atoms with van der Waals surface area (Å²) in [5.41, 5.74) is 1.96. The Morgan fingerprint density at radius 3 is 2.24 bits per heavy atom. The number of imidazole rings is 1. The van der Waals surface area contributed by atoms with Crippen LogP contribution in [0.3, 0.4) is 0 Å². The summed E-state index contributed by atoms with van der Waals surface area (Å²) in [5, 5.41) is 5.73. The third-order valence-corrected chi connectivity index (χ3v) is 11.5. The van der Waals surface area contributed by atoms with Crippen molar-refractivity contribution in [3.63, 3.8) is 0 Å². The first-order valence-corrected chi connectivity index (χ1v) is 19.2. The highest BCUT2D eigenvalue weighted by molar-refractivity contribution is 6.04. The molecule has 2 saturated heterocycles. The average Bonchev–Trinajstić information content (AvgIpc) is 3.50. The lowest BCUT2D eigenvalue weighted by Gasteiger charge is -2.40. The van der Waals surface area contributed by atoms with Gasteiger partial charge in [-0.05, 0) is 80.0 Å². The molecule has 4 atom stereocenters. The highest BCUT2D eigenvalue weighted by Crippen LogP contribution is 2.52. The molecule has 55 heavy (non-hydrogen) atoms. The van der Waals surface area contributed by atoms with Crippen molar-refractivity contribution in [3.8, 4) is 22.4 Å². The first-order chi connectivity index (χ1) is 26.2. The molecular weight excluding hydrogens is 703 g/mol. The van der Waals surface area contributed by atoms with Crippen molar-refractivity contribution < 1.29 is 23.2 Å². The van der Waals surface area contributed by atoms with Crippen LogP contribution in [0.2, 0.25) is 0 Å². The van der Waals surface area contributed by atoms with Gasteiger partial charge in [0.2, 0.25) is 11.8 Å². The summed E-state index contributed by atoms with van der Waals surface area (Å²) in [6, 6.07) is 12.0. The molecule has 1 saturated carbocycles. The molecule has 7 rings (SSSR count). The van der Waals surface area contributed by atoms with Crippen LogP contribution in [0.25, 0.3) is 22.4 Å². The van der Waals surface area contributed by atoms with E-state index in [2.05, 4.69) is 51.3 Å². The summed E-state index contributed by atoms with van der Waals surface area (Å²) in [6.45, 7) is 12.9. The molecule has 3 fully saturated rings. The smallest absolute Gasteiger partial charge is 0.257 e. The minimum atomic E-state index is -0.815. The van der Waals surface area contributed by atoms with E-state index in [1.54, 1.807) is 49.6 Å². The number of likely N-dealkylation sites (tertiary alicyclic amines) is 1. The SMILES string of the molecule is CNC(C(=O)N1CCCC1c1ncc(-c2ccc(-c3c(F)cc(NC(=O)c4ccc(N5CCN(C(=O)C6CC6(C)C)CC5C)nc4)cc3F)cc2)[nH]1)C(C)C. The van der Waals surface area contributed by atoms with Gasteiger partial charge in [-0.15, -0.1) is 0 Å². The fraction of sp³-hybridized carbons (Fsp3) is 0.452. The number of hydrogen-bond acceptors (Lipinski definition) is 7. The van der Waals surface area contributed by atoms with Crippen LogP contribution in [0.5, 0.6) is 0 Å². The van der Waals surface area contributed by atoms with Gasteiger partial charge in [-0.2, -0.15) is 0 Å². The number of likely N-dealkylation sites (N-methyl/N-ethyl adjacent to an activating group) is 1. The fourth-order valence-corrected chi connectivity index (χ4v) is 8.13. The summed E-state index contributed by atoms with van der Waals surface area (Å²) in [7, 11) is 1.80. The number of nitrogens with one attached hydrogen (secondary N) is 3. The van der Waals surface area contributed by atoms with E-state index in [0.29, 0.717) is 43.4 Å². The number of H-pyrrole nitrogens is 1. The number of pyridine rings is 1. The molecule has 0 bridgehead atoms. The standard InChI is InChI=1S/C42H50F2N8O3/c1-24(2)37(45-6)41(55)52-15-7-8-34(52)38-47-22-33(49-38)26-9-11-27(12-10-26)36-31(43)18-29(19-32(36)44)48-39(53)28-13-14-35(46-21-28)51-17-16-50(23-25(51)3)40(54)30-20-42(30,4)5/h9-14,18-19,21-22,24-25,30,34,37,45H,7-8,15-17,20,23H2,1-6H3,(H,47,49)(H,48,53). The predicted molar refractivity (Wildman–Crippen MR) is 208 cm³/mol. The molecule has 4 heterocycles. The maximum Gasteiger partial charge on any atom is 0.257 e. The Labute approximate surface area is 320 Å². The Bertz CT molecular complexity index is 2040. The first-order valence-electron chi connectivity index (χ1n) is 19.2. The van der Waals surface area contributed by atoms with Gasteiger partial charge in [0, 0.05) is 50.0 Å². The molecule has 3 amide bonds. The van der Waals surface area contributed by atoms with Gasteiger partial charge in [0.05, 0.1) is 35.1 Å². The topological polar surface area (TPSA) is 127 Å². The van der Waals surface area contributed by atoms with Gasteiger partial charge >= 0.3 is 0 Å². The number of hydrogen-bond donors (Lipinski definition) is 3. The molecule has 13 heteroatoms. The molecule has 2 aliphatic heterocycles. The van der Waals surface area contributed by atoms with E-state index in [4.69, 9.17) is 0 Å². The third-order valence-electron chi connectivity index (χ3n) is 11.5. The van der Waals surface area contributed by atoms with Crippen molar-refractivity contribution in [1.82, 2.24) is 30.1 Å². The van der Waals surface area contributed by atoms with Gasteiger partial charge in [-0.3, -0.25) is 14.4 Å². The van der Waals surface area contributed by atoms with Crippen LogP contribution >= 0.6 is 0 Å². The fourth-order valence-electron chi connectivity index (χ4n) is 8.13. The molecule has 1 aliphatic carbocycles. The van der Waals surface area contributed by atoms with Crippen molar-refractivity contribution >= 4 is 29.2 Å². The summed E-state index contributed by atoms with van der Waals surface area (Å²) in [4.78, 5) is 57.7. The number of amides is 3. The molecule has 2 aromatic carbocycles. The number of nitrogens with zero attached hydrogens (tertiary/aromatic N) is 5. The summed E-state index contributed by atoms with van der Waals surface area (Å²) in [5.74, 6) is -0.234. The molecule has 3 aliphatic rings. The first kappa shape index (κ1) is 38.1. The largest absolute Gasteiger partial charge is 0.350 e. The average molecular weight is 753 g/mol. The maximum atomic E-state index is 15.5. The number of rotatable bonds is 10. The van der Waals surface area contributed by atoms with Crippen molar-refractivity contribution in [3.05, 3.63) is 83.9 Å². The lowest BCUT2D eigenvalue weighted by molar-refractivity contribution is -0.135. The van der Waals surface area contributed by atoms with E-state index in [-0.39, 0.29) is 64.0 Å². The molecule has 2 aromatic heterocycles. The number of benzene rings is 2. The third kappa shape index (κ3) is 7.71. The molecule has 290 valence electrons. The number of piperazine rings is 1. The molecule has 11 nitrogen and oxygen atoms in total. The summed E-state index contributed by atoms with van der Waals surface area (Å²) >= 11 is 0. The highest BCUT2D eigenvalue weighted by Gasteiger charge is 2.52. The number of aromatic nitrogens is 3. The number of anilines is 2. The zero-order valence-electron chi connectivity index (χ0n) is 32.3. The molecule has 0 radical (unpaired) electrons. The minimum absolute atomic E-state index is 0.0171. The van der Waals surface area contributed by atoms with Crippen LogP contribution in [0.1, 0.15) is 76.1 Å². The van der Waals surface area contributed by atoms with Crippen LogP contribution in [0, 0.1) is 28.9 Å². The zero-order chi connectivity index (χ0) is 39.2. The van der Waals surface area contributed by atoms with Gasteiger partial charge in [0.25, 0.3) is 5.91 Å². The number of aromatic amines is 1. The lowest BCUT2D eigenvalue weighted by Crippen LogP contribution is -2.54. The Morgan fingerprint density at radius 1 is 0.945 bits per heavy atom.